The summed E-state index contributed by atoms with van der Waals surface area (Å²) in [5.74, 6) is -0.918. The van der Waals surface area contributed by atoms with E-state index in [1.165, 1.54) is 6.92 Å². The summed E-state index contributed by atoms with van der Waals surface area (Å²) < 4.78 is 4.77. The summed E-state index contributed by atoms with van der Waals surface area (Å²) in [5, 5.41) is 2.37. The van der Waals surface area contributed by atoms with Crippen molar-refractivity contribution in [2.75, 3.05) is 0 Å². The van der Waals surface area contributed by atoms with E-state index >= 15 is 0 Å². The first-order chi connectivity index (χ1) is 5.97. The first-order valence-corrected chi connectivity index (χ1v) is 3.76. The molecule has 0 radical (unpaired) electrons. The van der Waals surface area contributed by atoms with Gasteiger partial charge < -0.3 is 10.1 Å². The van der Waals surface area contributed by atoms with Crippen molar-refractivity contribution in [3.63, 3.8) is 0 Å². The molecular weight excluding hydrogens is 170 g/mol. The molecule has 0 heterocycles. The predicted octanol–water partition coefficient (Wildman–Crippen LogP) is 0.754. The predicted molar refractivity (Wildman–Crippen MR) is 48.7 cm³/mol. The average molecular weight is 183 g/mol. The zero-order valence-corrected chi connectivity index (χ0v) is 7.79. The third-order valence-electron chi connectivity index (χ3n) is 1.16. The molecular formula is C9H13NO3. The van der Waals surface area contributed by atoms with Crippen molar-refractivity contribution in [2.45, 2.75) is 20.1 Å². The molecule has 0 aliphatic heterocycles. The summed E-state index contributed by atoms with van der Waals surface area (Å²) in [6.45, 7) is 9.73. The van der Waals surface area contributed by atoms with E-state index in [2.05, 4.69) is 18.5 Å². The Bertz CT molecular complexity index is 245. The number of rotatable bonds is 4. The number of ether oxygens (including phenoxy) is 1. The molecule has 0 saturated carbocycles. The highest BCUT2D eigenvalue weighted by atomic mass is 16.6. The Labute approximate surface area is 77.3 Å². The lowest BCUT2D eigenvalue weighted by molar-refractivity contribution is -0.146. The molecule has 13 heavy (non-hydrogen) atoms. The maximum absolute atomic E-state index is 10.9. The molecule has 0 fully saturated rings. The van der Waals surface area contributed by atoms with Crippen LogP contribution >= 0.6 is 0 Å². The van der Waals surface area contributed by atoms with Gasteiger partial charge in [-0.25, -0.2) is 4.79 Å². The summed E-state index contributed by atoms with van der Waals surface area (Å²) >= 11 is 0. The van der Waals surface area contributed by atoms with Crippen LogP contribution in [0.4, 0.5) is 0 Å². The number of amides is 1. The fourth-order valence-corrected chi connectivity index (χ4v) is 0.550. The fraction of sp³-hybridized carbons (Fsp3) is 0.333. The largest absolute Gasteiger partial charge is 0.439 e. The van der Waals surface area contributed by atoms with Gasteiger partial charge in [0.25, 0.3) is 0 Å². The normalized spacial score (nSPS) is 11.2. The van der Waals surface area contributed by atoms with Gasteiger partial charge in [-0.15, -0.1) is 0 Å². The van der Waals surface area contributed by atoms with E-state index in [1.54, 1.807) is 6.92 Å². The number of hydrogen-bond acceptors (Lipinski definition) is 3. The summed E-state index contributed by atoms with van der Waals surface area (Å²) in [7, 11) is 0. The van der Waals surface area contributed by atoms with Gasteiger partial charge in [0.05, 0.1) is 0 Å². The van der Waals surface area contributed by atoms with Crippen LogP contribution in [0.1, 0.15) is 13.8 Å². The number of hydrogen-bond donors (Lipinski definition) is 1. The fourth-order valence-electron chi connectivity index (χ4n) is 0.550. The van der Waals surface area contributed by atoms with Crippen LogP contribution in [0, 0.1) is 0 Å². The number of esters is 1. The molecule has 1 atom stereocenters. The maximum atomic E-state index is 10.9. The van der Waals surface area contributed by atoms with Crippen molar-refractivity contribution in [3.8, 4) is 0 Å². The van der Waals surface area contributed by atoms with Gasteiger partial charge in [0, 0.05) is 5.57 Å². The topological polar surface area (TPSA) is 55.4 Å². The summed E-state index contributed by atoms with van der Waals surface area (Å²) in [4.78, 5) is 21.7. The van der Waals surface area contributed by atoms with Crippen LogP contribution in [0.2, 0.25) is 0 Å². The Balaban J connectivity index is 3.94. The first kappa shape index (κ1) is 11.4. The molecule has 0 rings (SSSR count). The average Bonchev–Trinajstić information content (AvgIpc) is 2.03. The summed E-state index contributed by atoms with van der Waals surface area (Å²) in [6.07, 6.45) is 0.431. The van der Waals surface area contributed by atoms with Crippen molar-refractivity contribution >= 4 is 11.9 Å². The molecule has 1 unspecified atom stereocenters. The lowest BCUT2D eigenvalue weighted by Gasteiger charge is -2.13. The van der Waals surface area contributed by atoms with Crippen molar-refractivity contribution in [2.24, 2.45) is 0 Å². The van der Waals surface area contributed by atoms with E-state index in [9.17, 15) is 9.59 Å². The monoisotopic (exact) mass is 183 g/mol. The van der Waals surface area contributed by atoms with Crippen LogP contribution in [0.5, 0.6) is 0 Å². The van der Waals surface area contributed by atoms with E-state index in [0.717, 1.165) is 6.08 Å². The quantitative estimate of drug-likeness (QED) is 0.397. The Hall–Kier alpha value is -1.58. The molecule has 0 bridgehead atoms. The molecule has 4 heteroatoms. The molecule has 72 valence electrons. The molecule has 0 aromatic carbocycles. The second kappa shape index (κ2) is 5.13. The Morgan fingerprint density at radius 2 is 2.08 bits per heavy atom. The molecule has 0 aliphatic rings. The number of carbonyl (C=O) groups is 2. The van der Waals surface area contributed by atoms with Gasteiger partial charge in [-0.05, 0) is 19.9 Å². The maximum Gasteiger partial charge on any atom is 0.335 e. The highest BCUT2D eigenvalue weighted by Crippen LogP contribution is 1.95. The second-order valence-corrected chi connectivity index (χ2v) is 2.54. The summed E-state index contributed by atoms with van der Waals surface area (Å²) in [5.41, 5.74) is 0.291. The molecule has 0 spiro atoms. The highest BCUT2D eigenvalue weighted by molar-refractivity contribution is 5.88. The Morgan fingerprint density at radius 1 is 1.54 bits per heavy atom. The smallest absolute Gasteiger partial charge is 0.335 e. The van der Waals surface area contributed by atoms with Crippen molar-refractivity contribution < 1.29 is 14.3 Å². The van der Waals surface area contributed by atoms with Crippen molar-refractivity contribution in [3.05, 3.63) is 24.8 Å². The standard InChI is InChI=1S/C9H13NO3/c1-5-8(11)10-7(4)13-9(12)6(2)3/h5,7H,1-2H2,3-4H3,(H,10,11). The minimum Gasteiger partial charge on any atom is -0.439 e. The Morgan fingerprint density at radius 3 is 2.46 bits per heavy atom. The van der Waals surface area contributed by atoms with E-state index in [0.29, 0.717) is 5.57 Å². The van der Waals surface area contributed by atoms with E-state index in [1.807, 2.05) is 0 Å². The molecule has 4 nitrogen and oxygen atoms in total. The van der Waals surface area contributed by atoms with Gasteiger partial charge in [-0.1, -0.05) is 13.2 Å². The van der Waals surface area contributed by atoms with Crippen molar-refractivity contribution in [1.82, 2.24) is 5.32 Å². The first-order valence-electron chi connectivity index (χ1n) is 3.76. The van der Waals surface area contributed by atoms with Crippen LogP contribution in [-0.2, 0) is 14.3 Å². The van der Waals surface area contributed by atoms with Crippen LogP contribution in [0.15, 0.2) is 24.8 Å². The van der Waals surface area contributed by atoms with Gasteiger partial charge >= 0.3 is 5.97 Å². The second-order valence-electron chi connectivity index (χ2n) is 2.54. The minimum absolute atomic E-state index is 0.291. The lowest BCUT2D eigenvalue weighted by atomic mass is 10.4. The van der Waals surface area contributed by atoms with E-state index < -0.39 is 12.2 Å². The Kier molecular flexibility index (Phi) is 4.51. The summed E-state index contributed by atoms with van der Waals surface area (Å²) in [6, 6.07) is 0. The molecule has 1 N–H and O–H groups in total. The van der Waals surface area contributed by atoms with Gasteiger partial charge in [0.2, 0.25) is 5.91 Å². The van der Waals surface area contributed by atoms with E-state index in [4.69, 9.17) is 4.74 Å². The SMILES string of the molecule is C=CC(=O)NC(C)OC(=O)C(=C)C. The molecule has 0 aliphatic carbocycles. The van der Waals surface area contributed by atoms with Crippen LogP contribution < -0.4 is 5.32 Å². The third-order valence-corrected chi connectivity index (χ3v) is 1.16. The molecule has 0 saturated heterocycles. The zero-order chi connectivity index (χ0) is 10.4. The van der Waals surface area contributed by atoms with Gasteiger partial charge in [-0.3, -0.25) is 4.79 Å². The van der Waals surface area contributed by atoms with E-state index in [-0.39, 0.29) is 5.91 Å². The molecule has 0 aromatic heterocycles. The highest BCUT2D eigenvalue weighted by Gasteiger charge is 2.10. The van der Waals surface area contributed by atoms with Crippen LogP contribution in [-0.4, -0.2) is 18.1 Å². The van der Waals surface area contributed by atoms with Gasteiger partial charge in [0.15, 0.2) is 6.23 Å². The lowest BCUT2D eigenvalue weighted by Crippen LogP contribution is -2.35. The number of carbonyl (C=O) groups excluding carboxylic acids is 2. The molecule has 0 aromatic rings. The molecule has 1 amide bonds. The third kappa shape index (κ3) is 4.79. The zero-order valence-electron chi connectivity index (χ0n) is 7.79. The van der Waals surface area contributed by atoms with Gasteiger partial charge in [-0.2, -0.15) is 0 Å². The minimum atomic E-state index is -0.672. The van der Waals surface area contributed by atoms with Crippen LogP contribution in [0.25, 0.3) is 0 Å². The van der Waals surface area contributed by atoms with Crippen LogP contribution in [0.3, 0.4) is 0 Å². The number of nitrogens with one attached hydrogen (secondary N) is 1. The van der Waals surface area contributed by atoms with Crippen molar-refractivity contribution in [1.29, 1.82) is 0 Å². The van der Waals surface area contributed by atoms with Gasteiger partial charge in [0.1, 0.15) is 0 Å².